The third kappa shape index (κ3) is 3.34. The van der Waals surface area contributed by atoms with Crippen molar-refractivity contribution in [1.82, 2.24) is 10.2 Å². The van der Waals surface area contributed by atoms with Gasteiger partial charge in [-0.1, -0.05) is 68.8 Å². The van der Waals surface area contributed by atoms with Crippen molar-refractivity contribution in [2.75, 3.05) is 0 Å². The van der Waals surface area contributed by atoms with Crippen LogP contribution in [0.15, 0.2) is 48.5 Å². The number of hydrogen-bond acceptors (Lipinski definition) is 2. The maximum Gasteiger partial charge on any atom is 0.325 e. The maximum atomic E-state index is 13.0. The van der Waals surface area contributed by atoms with Crippen molar-refractivity contribution in [3.05, 3.63) is 70.2 Å². The first kappa shape index (κ1) is 18.5. The number of amides is 3. The normalized spacial score (nSPS) is 20.4. The predicted octanol–water partition coefficient (Wildman–Crippen LogP) is 4.60. The van der Waals surface area contributed by atoms with Crippen molar-refractivity contribution < 1.29 is 9.59 Å². The fourth-order valence-corrected chi connectivity index (χ4v) is 3.37. The van der Waals surface area contributed by atoms with Gasteiger partial charge in [0.05, 0.1) is 6.54 Å². The van der Waals surface area contributed by atoms with Crippen molar-refractivity contribution in [2.45, 2.75) is 45.2 Å². The second-order valence-electron chi connectivity index (χ2n) is 7.90. The van der Waals surface area contributed by atoms with Crippen LogP contribution in [0.1, 0.15) is 44.4 Å². The van der Waals surface area contributed by atoms with Crippen molar-refractivity contribution >= 4 is 23.5 Å². The molecule has 1 atom stereocenters. The number of carbonyl (C=O) groups is 2. The fourth-order valence-electron chi connectivity index (χ4n) is 3.16. The van der Waals surface area contributed by atoms with Gasteiger partial charge in [-0.05, 0) is 41.2 Å². The van der Waals surface area contributed by atoms with Gasteiger partial charge < -0.3 is 5.32 Å². The molecular formula is C21H23ClN2O2. The van der Waals surface area contributed by atoms with Crippen LogP contribution in [0.5, 0.6) is 0 Å². The number of halogens is 1. The van der Waals surface area contributed by atoms with Gasteiger partial charge in [0, 0.05) is 5.02 Å². The van der Waals surface area contributed by atoms with Crippen LogP contribution >= 0.6 is 11.6 Å². The first-order valence-corrected chi connectivity index (χ1v) is 8.98. The van der Waals surface area contributed by atoms with E-state index in [1.807, 2.05) is 30.3 Å². The van der Waals surface area contributed by atoms with Crippen molar-refractivity contribution in [1.29, 1.82) is 0 Å². The Morgan fingerprint density at radius 3 is 2.31 bits per heavy atom. The molecule has 4 nitrogen and oxygen atoms in total. The Labute approximate surface area is 159 Å². The number of nitrogens with zero attached hydrogens (tertiary/aromatic N) is 1. The third-order valence-electron chi connectivity index (χ3n) is 4.83. The maximum absolute atomic E-state index is 13.0. The van der Waals surface area contributed by atoms with E-state index in [1.165, 1.54) is 10.5 Å². The molecule has 1 fully saturated rings. The van der Waals surface area contributed by atoms with Gasteiger partial charge in [0.2, 0.25) is 0 Å². The number of nitrogens with one attached hydrogen (secondary N) is 1. The molecule has 1 saturated heterocycles. The molecule has 1 N–H and O–H groups in total. The van der Waals surface area contributed by atoms with E-state index in [-0.39, 0.29) is 17.9 Å². The molecule has 3 amide bonds. The Morgan fingerprint density at radius 1 is 1.08 bits per heavy atom. The largest absolute Gasteiger partial charge is 0.325 e. The quantitative estimate of drug-likeness (QED) is 0.802. The topological polar surface area (TPSA) is 49.4 Å². The molecule has 1 aliphatic heterocycles. The minimum absolute atomic E-state index is 0.0288. The zero-order valence-corrected chi connectivity index (χ0v) is 16.2. The number of benzene rings is 2. The molecule has 2 aromatic carbocycles. The summed E-state index contributed by atoms with van der Waals surface area (Å²) in [5.41, 5.74) is 1.73. The van der Waals surface area contributed by atoms with Gasteiger partial charge in [0.1, 0.15) is 5.54 Å². The minimum atomic E-state index is -1.06. The smallest absolute Gasteiger partial charge is 0.319 e. The van der Waals surface area contributed by atoms with Gasteiger partial charge in [-0.3, -0.25) is 9.69 Å². The Hall–Kier alpha value is -2.33. The average Bonchev–Trinajstić information content (AvgIpc) is 2.79. The first-order valence-electron chi connectivity index (χ1n) is 8.61. The van der Waals surface area contributed by atoms with E-state index >= 15 is 0 Å². The molecule has 0 spiro atoms. The van der Waals surface area contributed by atoms with Crippen LogP contribution in [-0.2, 0) is 22.3 Å². The lowest BCUT2D eigenvalue weighted by Gasteiger charge is -2.24. The van der Waals surface area contributed by atoms with Crippen molar-refractivity contribution in [3.63, 3.8) is 0 Å². The van der Waals surface area contributed by atoms with Gasteiger partial charge in [0.15, 0.2) is 0 Å². The van der Waals surface area contributed by atoms with E-state index in [0.717, 1.165) is 11.1 Å². The Morgan fingerprint density at radius 2 is 1.73 bits per heavy atom. The highest BCUT2D eigenvalue weighted by Crippen LogP contribution is 2.32. The zero-order valence-electron chi connectivity index (χ0n) is 15.5. The van der Waals surface area contributed by atoms with E-state index in [0.29, 0.717) is 5.02 Å². The molecule has 0 aromatic heterocycles. The Bertz CT molecular complexity index is 855. The predicted molar refractivity (Wildman–Crippen MR) is 103 cm³/mol. The second-order valence-corrected chi connectivity index (χ2v) is 8.34. The highest BCUT2D eigenvalue weighted by atomic mass is 35.5. The molecule has 1 aliphatic rings. The van der Waals surface area contributed by atoms with Gasteiger partial charge in [-0.2, -0.15) is 0 Å². The standard InChI is InChI=1S/C21H23ClN2O2/c1-20(2,3)15-8-10-16(11-9-15)21(4)18(25)24(19(26)23-21)13-14-6-5-7-17(22)12-14/h5-12H,13H2,1-4H3,(H,23,26). The van der Waals surface area contributed by atoms with Crippen LogP contribution in [0.2, 0.25) is 5.02 Å². The summed E-state index contributed by atoms with van der Waals surface area (Å²) in [6, 6.07) is 14.6. The number of carbonyl (C=O) groups excluding carboxylic acids is 2. The number of rotatable bonds is 3. The molecule has 136 valence electrons. The van der Waals surface area contributed by atoms with E-state index in [2.05, 4.69) is 26.1 Å². The summed E-state index contributed by atoms with van der Waals surface area (Å²) in [5, 5.41) is 3.42. The fraction of sp³-hybridized carbons (Fsp3) is 0.333. The van der Waals surface area contributed by atoms with Crippen molar-refractivity contribution in [2.24, 2.45) is 0 Å². The third-order valence-corrected chi connectivity index (χ3v) is 5.07. The summed E-state index contributed by atoms with van der Waals surface area (Å²) >= 11 is 6.00. The van der Waals surface area contributed by atoms with Crippen LogP contribution in [-0.4, -0.2) is 16.8 Å². The minimum Gasteiger partial charge on any atom is -0.319 e. The highest BCUT2D eigenvalue weighted by Gasteiger charge is 2.48. The molecule has 26 heavy (non-hydrogen) atoms. The molecule has 1 heterocycles. The highest BCUT2D eigenvalue weighted by molar-refractivity contribution is 6.30. The molecule has 0 bridgehead atoms. The van der Waals surface area contributed by atoms with Crippen molar-refractivity contribution in [3.8, 4) is 0 Å². The van der Waals surface area contributed by atoms with Crippen LogP contribution in [0.4, 0.5) is 4.79 Å². The molecule has 0 radical (unpaired) electrons. The molecule has 2 aromatic rings. The number of imide groups is 1. The summed E-state index contributed by atoms with van der Waals surface area (Å²) in [6.45, 7) is 8.36. The molecular weight excluding hydrogens is 348 g/mol. The monoisotopic (exact) mass is 370 g/mol. The van der Waals surface area contributed by atoms with Crippen LogP contribution < -0.4 is 5.32 Å². The summed E-state index contributed by atoms with van der Waals surface area (Å²) < 4.78 is 0. The Kier molecular flexibility index (Phi) is 4.57. The summed E-state index contributed by atoms with van der Waals surface area (Å²) in [4.78, 5) is 26.7. The molecule has 0 aliphatic carbocycles. The molecule has 5 heteroatoms. The van der Waals surface area contributed by atoms with E-state index in [9.17, 15) is 9.59 Å². The lowest BCUT2D eigenvalue weighted by molar-refractivity contribution is -0.131. The van der Waals surface area contributed by atoms with Gasteiger partial charge in [-0.15, -0.1) is 0 Å². The van der Waals surface area contributed by atoms with E-state index in [4.69, 9.17) is 11.6 Å². The summed E-state index contributed by atoms with van der Waals surface area (Å²) in [5.74, 6) is -0.258. The summed E-state index contributed by atoms with van der Waals surface area (Å²) in [7, 11) is 0. The van der Waals surface area contributed by atoms with Gasteiger partial charge in [0.25, 0.3) is 5.91 Å². The van der Waals surface area contributed by atoms with Crippen LogP contribution in [0.3, 0.4) is 0 Å². The van der Waals surface area contributed by atoms with Crippen LogP contribution in [0, 0.1) is 0 Å². The van der Waals surface area contributed by atoms with Gasteiger partial charge in [-0.25, -0.2) is 4.79 Å². The molecule has 1 unspecified atom stereocenters. The Balaban J connectivity index is 1.87. The summed E-state index contributed by atoms with van der Waals surface area (Å²) in [6.07, 6.45) is 0. The van der Waals surface area contributed by atoms with E-state index < -0.39 is 11.6 Å². The second kappa shape index (κ2) is 6.44. The van der Waals surface area contributed by atoms with Gasteiger partial charge >= 0.3 is 6.03 Å². The average molecular weight is 371 g/mol. The molecule has 3 rings (SSSR count). The lowest BCUT2D eigenvalue weighted by Crippen LogP contribution is -2.40. The zero-order chi connectivity index (χ0) is 19.1. The number of urea groups is 1. The van der Waals surface area contributed by atoms with E-state index in [1.54, 1.807) is 25.1 Å². The first-order chi connectivity index (χ1) is 12.1. The SMILES string of the molecule is CC(C)(C)c1ccc(C2(C)NC(=O)N(Cc3cccc(Cl)c3)C2=O)cc1. The van der Waals surface area contributed by atoms with Crippen LogP contribution in [0.25, 0.3) is 0 Å². The molecule has 0 saturated carbocycles. The lowest BCUT2D eigenvalue weighted by atomic mass is 9.84. The number of hydrogen-bond donors (Lipinski definition) is 1.